The molecule has 0 fully saturated rings. The van der Waals surface area contributed by atoms with E-state index in [2.05, 4.69) is 24.1 Å². The normalized spacial score (nSPS) is 11.2. The number of nitrogens with zero attached hydrogens (tertiary/aromatic N) is 3. The second kappa shape index (κ2) is 10.0. The van der Waals surface area contributed by atoms with E-state index in [1.807, 2.05) is 6.07 Å². The molecule has 0 heterocycles. The number of rotatable bonds is 9. The zero-order valence-corrected chi connectivity index (χ0v) is 16.4. The molecular weight excluding hydrogens is 366 g/mol. The molecule has 2 rings (SSSR count). The van der Waals surface area contributed by atoms with Gasteiger partial charge in [0, 0.05) is 16.7 Å². The Morgan fingerprint density at radius 2 is 1.78 bits per heavy atom. The Morgan fingerprint density at radius 1 is 1.07 bits per heavy atom. The molecule has 144 valence electrons. The molecule has 0 atom stereocenters. The Kier molecular flexibility index (Phi) is 7.73. The molecule has 0 aromatic heterocycles. The first-order valence-corrected chi connectivity index (χ1v) is 9.55. The molecule has 0 aliphatic heterocycles. The molecule has 7 heteroatoms. The minimum absolute atomic E-state index is 0.135. The molecule has 0 aliphatic carbocycles. The van der Waals surface area contributed by atoms with Crippen LogP contribution < -0.4 is 0 Å². The first kappa shape index (κ1) is 20.8. The summed E-state index contributed by atoms with van der Waals surface area (Å²) in [5.74, 6) is 0.184. The highest BCUT2D eigenvalue weighted by atomic mass is 35.5. The number of halogens is 1. The van der Waals surface area contributed by atoms with Crippen molar-refractivity contribution in [3.8, 4) is 5.75 Å². The van der Waals surface area contributed by atoms with Gasteiger partial charge in [0.1, 0.15) is 5.75 Å². The molecule has 0 radical (unpaired) electrons. The second-order valence-corrected chi connectivity index (χ2v) is 6.80. The Labute approximate surface area is 164 Å². The first-order valence-electron chi connectivity index (χ1n) is 9.17. The number of phenolic OH excluding ortho intramolecular Hbond substituents is 1. The summed E-state index contributed by atoms with van der Waals surface area (Å²) in [6.45, 7) is 4.19. The molecule has 0 amide bonds. The molecule has 0 spiro atoms. The van der Waals surface area contributed by atoms with Gasteiger partial charge in [-0.2, -0.15) is 0 Å². The molecule has 0 saturated heterocycles. The summed E-state index contributed by atoms with van der Waals surface area (Å²) >= 11 is 5.85. The summed E-state index contributed by atoms with van der Waals surface area (Å²) in [6, 6.07) is 7.82. The van der Waals surface area contributed by atoms with Crippen LogP contribution in [0.2, 0.25) is 5.02 Å². The molecule has 1 N–H and O–H groups in total. The third-order valence-electron chi connectivity index (χ3n) is 4.31. The van der Waals surface area contributed by atoms with Gasteiger partial charge in [0.25, 0.3) is 5.69 Å². The number of hydrogen-bond acceptors (Lipinski definition) is 5. The lowest BCUT2D eigenvalue weighted by Crippen LogP contribution is -1.93. The Bertz CT molecular complexity index is 837. The van der Waals surface area contributed by atoms with Gasteiger partial charge in [0.05, 0.1) is 10.6 Å². The van der Waals surface area contributed by atoms with Crippen LogP contribution >= 0.6 is 11.6 Å². The van der Waals surface area contributed by atoms with Crippen LogP contribution in [-0.2, 0) is 12.8 Å². The molecule has 2 aromatic rings. The average molecular weight is 390 g/mol. The highest BCUT2D eigenvalue weighted by Gasteiger charge is 2.16. The maximum Gasteiger partial charge on any atom is 0.298 e. The summed E-state index contributed by atoms with van der Waals surface area (Å²) in [7, 11) is 0. The van der Waals surface area contributed by atoms with Crippen molar-refractivity contribution < 1.29 is 10.0 Å². The van der Waals surface area contributed by atoms with E-state index in [1.165, 1.54) is 12.1 Å². The average Bonchev–Trinajstić information content (AvgIpc) is 2.65. The van der Waals surface area contributed by atoms with Gasteiger partial charge in [-0.3, -0.25) is 10.1 Å². The summed E-state index contributed by atoms with van der Waals surface area (Å²) in [6.07, 6.45) is 5.41. The molecule has 6 nitrogen and oxygen atoms in total. The number of aryl methyl sites for hydroxylation is 1. The summed E-state index contributed by atoms with van der Waals surface area (Å²) in [5, 5.41) is 30.3. The number of nitro groups is 1. The van der Waals surface area contributed by atoms with E-state index in [4.69, 9.17) is 11.6 Å². The van der Waals surface area contributed by atoms with Gasteiger partial charge in [-0.05, 0) is 49.4 Å². The smallest absolute Gasteiger partial charge is 0.298 e. The van der Waals surface area contributed by atoms with Crippen LogP contribution in [-0.4, -0.2) is 10.0 Å². The molecular formula is C20H24ClN3O3. The van der Waals surface area contributed by atoms with Crippen LogP contribution in [0.15, 0.2) is 40.6 Å². The van der Waals surface area contributed by atoms with Crippen molar-refractivity contribution in [2.75, 3.05) is 0 Å². The van der Waals surface area contributed by atoms with Crippen molar-refractivity contribution in [3.63, 3.8) is 0 Å². The van der Waals surface area contributed by atoms with E-state index in [0.29, 0.717) is 12.1 Å². The van der Waals surface area contributed by atoms with Crippen LogP contribution in [0.4, 0.5) is 17.1 Å². The van der Waals surface area contributed by atoms with Crippen molar-refractivity contribution in [1.82, 2.24) is 0 Å². The summed E-state index contributed by atoms with van der Waals surface area (Å²) < 4.78 is 0. The lowest BCUT2D eigenvalue weighted by Gasteiger charge is -2.12. The number of unbranched alkanes of at least 4 members (excludes halogenated alkanes) is 2. The van der Waals surface area contributed by atoms with E-state index in [1.54, 1.807) is 12.1 Å². The largest absolute Gasteiger partial charge is 0.508 e. The Hall–Kier alpha value is -2.47. The van der Waals surface area contributed by atoms with Gasteiger partial charge in [-0.1, -0.05) is 44.4 Å². The van der Waals surface area contributed by atoms with E-state index in [0.717, 1.165) is 43.2 Å². The fourth-order valence-corrected chi connectivity index (χ4v) is 2.97. The number of nitro benzene ring substituents is 1. The van der Waals surface area contributed by atoms with Crippen molar-refractivity contribution in [2.45, 2.75) is 52.4 Å². The predicted octanol–water partition coefficient (Wildman–Crippen LogP) is 7.05. The minimum atomic E-state index is -0.529. The van der Waals surface area contributed by atoms with Gasteiger partial charge in [0.2, 0.25) is 0 Å². The monoisotopic (exact) mass is 389 g/mol. The molecule has 2 aromatic carbocycles. The maximum absolute atomic E-state index is 11.3. The van der Waals surface area contributed by atoms with E-state index >= 15 is 0 Å². The minimum Gasteiger partial charge on any atom is -0.508 e. The first-order chi connectivity index (χ1) is 13.0. The fraction of sp³-hybridized carbons (Fsp3) is 0.400. The predicted molar refractivity (Wildman–Crippen MR) is 108 cm³/mol. The fourth-order valence-electron chi connectivity index (χ4n) is 2.80. The SMILES string of the molecule is CCCCc1ccc(O)c(CCCC)c1N=Nc1ccc(Cl)cc1[N+](=O)[O-]. The number of azo groups is 1. The summed E-state index contributed by atoms with van der Waals surface area (Å²) in [5.41, 5.74) is 2.28. The number of aromatic hydroxyl groups is 1. The standard InChI is InChI=1S/C20H24ClN3O3/c1-3-5-7-14-9-12-19(25)16(8-6-4-2)20(14)23-22-17-11-10-15(21)13-18(17)24(26)27/h9-13,25H,3-8H2,1-2H3. The van der Waals surface area contributed by atoms with Crippen molar-refractivity contribution in [1.29, 1.82) is 0 Å². The van der Waals surface area contributed by atoms with Crippen LogP contribution in [0.5, 0.6) is 5.75 Å². The van der Waals surface area contributed by atoms with E-state index in [9.17, 15) is 15.2 Å². The number of benzene rings is 2. The van der Waals surface area contributed by atoms with Crippen LogP contribution in [0.3, 0.4) is 0 Å². The second-order valence-electron chi connectivity index (χ2n) is 6.37. The molecule has 0 saturated carbocycles. The van der Waals surface area contributed by atoms with Gasteiger partial charge < -0.3 is 5.11 Å². The van der Waals surface area contributed by atoms with Crippen LogP contribution in [0, 0.1) is 10.1 Å². The topological polar surface area (TPSA) is 88.1 Å². The third-order valence-corrected chi connectivity index (χ3v) is 4.55. The summed E-state index contributed by atoms with van der Waals surface area (Å²) in [4.78, 5) is 10.7. The highest BCUT2D eigenvalue weighted by Crippen LogP contribution is 2.37. The number of phenols is 1. The lowest BCUT2D eigenvalue weighted by molar-refractivity contribution is -0.384. The zero-order chi connectivity index (χ0) is 19.8. The quantitative estimate of drug-likeness (QED) is 0.283. The van der Waals surface area contributed by atoms with E-state index < -0.39 is 4.92 Å². The van der Waals surface area contributed by atoms with Crippen LogP contribution in [0.25, 0.3) is 0 Å². The van der Waals surface area contributed by atoms with Crippen LogP contribution in [0.1, 0.15) is 50.7 Å². The highest BCUT2D eigenvalue weighted by molar-refractivity contribution is 6.30. The van der Waals surface area contributed by atoms with E-state index in [-0.39, 0.29) is 22.1 Å². The molecule has 0 bridgehead atoms. The Morgan fingerprint density at radius 3 is 2.44 bits per heavy atom. The Balaban J connectivity index is 2.50. The van der Waals surface area contributed by atoms with Crippen molar-refractivity contribution in [2.24, 2.45) is 10.2 Å². The van der Waals surface area contributed by atoms with Crippen molar-refractivity contribution >= 4 is 28.7 Å². The van der Waals surface area contributed by atoms with Gasteiger partial charge in [-0.25, -0.2) is 0 Å². The zero-order valence-electron chi connectivity index (χ0n) is 15.6. The maximum atomic E-state index is 11.3. The molecule has 27 heavy (non-hydrogen) atoms. The lowest BCUT2D eigenvalue weighted by atomic mass is 9.98. The van der Waals surface area contributed by atoms with Crippen molar-refractivity contribution in [3.05, 3.63) is 56.6 Å². The molecule has 0 unspecified atom stereocenters. The molecule has 0 aliphatic rings. The van der Waals surface area contributed by atoms with Gasteiger partial charge in [0.15, 0.2) is 5.69 Å². The van der Waals surface area contributed by atoms with Gasteiger partial charge in [-0.15, -0.1) is 10.2 Å². The number of hydrogen-bond donors (Lipinski definition) is 1. The third kappa shape index (κ3) is 5.50. The van der Waals surface area contributed by atoms with Gasteiger partial charge >= 0.3 is 0 Å².